The Balaban J connectivity index is 1.76. The monoisotopic (exact) mass is 305 g/mol. The molecule has 3 rings (SSSR count). The Bertz CT molecular complexity index is 514. The van der Waals surface area contributed by atoms with Crippen molar-refractivity contribution in [3.8, 4) is 0 Å². The Morgan fingerprint density at radius 1 is 1.14 bits per heavy atom. The van der Waals surface area contributed by atoms with Crippen molar-refractivity contribution in [3.63, 3.8) is 0 Å². The molecule has 2 aliphatic carbocycles. The van der Waals surface area contributed by atoms with Crippen LogP contribution < -0.4 is 5.32 Å². The van der Waals surface area contributed by atoms with Gasteiger partial charge in [0, 0.05) is 10.9 Å². The van der Waals surface area contributed by atoms with E-state index in [4.69, 9.17) is 0 Å². The largest absolute Gasteiger partial charge is 0.313 e. The molecule has 0 heterocycles. The maximum absolute atomic E-state index is 13.0. The van der Waals surface area contributed by atoms with E-state index in [1.165, 1.54) is 49.7 Å². The smallest absolute Gasteiger partial charge is 0.0576 e. The fourth-order valence-electron chi connectivity index (χ4n) is 3.76. The van der Waals surface area contributed by atoms with E-state index >= 15 is 0 Å². The standard InChI is InChI=1S/C18H27NOS/c1-2-12-19-17-8-3-4-9-18(17)21(20)16-11-10-14-6-5-7-15(14)13-16/h10-11,13,17-19H,2-9,12H2,1H3. The second-order valence-corrected chi connectivity index (χ2v) is 8.14. The van der Waals surface area contributed by atoms with Gasteiger partial charge < -0.3 is 5.32 Å². The molecule has 116 valence electrons. The number of hydrogen-bond acceptors (Lipinski definition) is 2. The van der Waals surface area contributed by atoms with E-state index in [0.717, 1.165) is 24.3 Å². The van der Waals surface area contributed by atoms with Crippen LogP contribution in [-0.2, 0) is 23.6 Å². The van der Waals surface area contributed by atoms with Gasteiger partial charge in [-0.25, -0.2) is 0 Å². The average molecular weight is 305 g/mol. The van der Waals surface area contributed by atoms with Crippen LogP contribution in [0.2, 0.25) is 0 Å². The van der Waals surface area contributed by atoms with Crippen LogP contribution in [-0.4, -0.2) is 22.0 Å². The first-order chi connectivity index (χ1) is 10.3. The molecule has 1 saturated carbocycles. The van der Waals surface area contributed by atoms with E-state index in [1.807, 2.05) is 0 Å². The van der Waals surface area contributed by atoms with Crippen molar-refractivity contribution >= 4 is 10.8 Å². The predicted octanol–water partition coefficient (Wildman–Crippen LogP) is 3.59. The average Bonchev–Trinajstić information content (AvgIpc) is 3.00. The third kappa shape index (κ3) is 3.40. The Hall–Kier alpha value is -0.670. The molecule has 0 saturated heterocycles. The summed E-state index contributed by atoms with van der Waals surface area (Å²) in [5.41, 5.74) is 2.91. The molecule has 21 heavy (non-hydrogen) atoms. The van der Waals surface area contributed by atoms with E-state index in [2.05, 4.69) is 30.4 Å². The summed E-state index contributed by atoms with van der Waals surface area (Å²) in [5.74, 6) is 0. The lowest BCUT2D eigenvalue weighted by atomic mass is 9.95. The maximum Gasteiger partial charge on any atom is 0.0576 e. The number of hydrogen-bond donors (Lipinski definition) is 1. The normalized spacial score (nSPS) is 26.5. The van der Waals surface area contributed by atoms with Gasteiger partial charge in [-0.05, 0) is 68.3 Å². The molecule has 1 fully saturated rings. The van der Waals surface area contributed by atoms with Crippen LogP contribution in [0.15, 0.2) is 23.1 Å². The number of benzene rings is 1. The fraction of sp³-hybridized carbons (Fsp3) is 0.667. The molecule has 1 aromatic rings. The topological polar surface area (TPSA) is 29.1 Å². The zero-order valence-corrected chi connectivity index (χ0v) is 13.9. The van der Waals surface area contributed by atoms with Gasteiger partial charge in [-0.1, -0.05) is 25.8 Å². The molecule has 2 aliphatic rings. The highest BCUT2D eigenvalue weighted by Crippen LogP contribution is 2.29. The van der Waals surface area contributed by atoms with Crippen LogP contribution in [0.1, 0.15) is 56.6 Å². The van der Waals surface area contributed by atoms with Crippen LogP contribution in [0, 0.1) is 0 Å². The minimum absolute atomic E-state index is 0.296. The quantitative estimate of drug-likeness (QED) is 0.900. The van der Waals surface area contributed by atoms with Gasteiger partial charge >= 0.3 is 0 Å². The summed E-state index contributed by atoms with van der Waals surface area (Å²) in [5, 5.41) is 3.93. The molecule has 0 aliphatic heterocycles. The fourth-order valence-corrected chi connectivity index (χ4v) is 5.49. The minimum atomic E-state index is -0.858. The van der Waals surface area contributed by atoms with Crippen molar-refractivity contribution in [2.75, 3.05) is 6.54 Å². The van der Waals surface area contributed by atoms with Gasteiger partial charge in [0.15, 0.2) is 0 Å². The van der Waals surface area contributed by atoms with Crippen LogP contribution in [0.4, 0.5) is 0 Å². The van der Waals surface area contributed by atoms with Gasteiger partial charge in [0.05, 0.1) is 16.0 Å². The summed E-state index contributed by atoms with van der Waals surface area (Å²) >= 11 is 0. The molecule has 2 nitrogen and oxygen atoms in total. The summed E-state index contributed by atoms with van der Waals surface area (Å²) in [7, 11) is -0.858. The molecule has 0 spiro atoms. The number of nitrogens with one attached hydrogen (secondary N) is 1. The van der Waals surface area contributed by atoms with Crippen molar-refractivity contribution in [3.05, 3.63) is 29.3 Å². The third-order valence-electron chi connectivity index (χ3n) is 4.94. The first-order valence-electron chi connectivity index (χ1n) is 8.55. The van der Waals surface area contributed by atoms with Gasteiger partial charge in [-0.15, -0.1) is 0 Å². The van der Waals surface area contributed by atoms with E-state index in [1.54, 1.807) is 0 Å². The predicted molar refractivity (Wildman–Crippen MR) is 89.2 cm³/mol. The molecular formula is C18H27NOS. The van der Waals surface area contributed by atoms with E-state index in [0.29, 0.717) is 11.3 Å². The Morgan fingerprint density at radius 3 is 2.81 bits per heavy atom. The van der Waals surface area contributed by atoms with Gasteiger partial charge in [-0.2, -0.15) is 0 Å². The van der Waals surface area contributed by atoms with Crippen molar-refractivity contribution in [2.45, 2.75) is 74.5 Å². The highest BCUT2D eigenvalue weighted by molar-refractivity contribution is 7.85. The lowest BCUT2D eigenvalue weighted by molar-refractivity contribution is 0.379. The summed E-state index contributed by atoms with van der Waals surface area (Å²) in [6.45, 7) is 3.24. The number of aryl methyl sites for hydroxylation is 2. The van der Waals surface area contributed by atoms with Gasteiger partial charge in [0.2, 0.25) is 0 Å². The molecule has 1 aromatic carbocycles. The lowest BCUT2D eigenvalue weighted by Crippen LogP contribution is -2.44. The molecule has 0 bridgehead atoms. The number of fused-ring (bicyclic) bond motifs is 1. The van der Waals surface area contributed by atoms with E-state index < -0.39 is 10.8 Å². The summed E-state index contributed by atoms with van der Waals surface area (Å²) in [6.07, 6.45) is 9.57. The Kier molecular flexibility index (Phi) is 5.12. The van der Waals surface area contributed by atoms with Crippen molar-refractivity contribution in [1.29, 1.82) is 0 Å². The molecule has 0 radical (unpaired) electrons. The first kappa shape index (κ1) is 15.2. The molecular weight excluding hydrogens is 278 g/mol. The van der Waals surface area contributed by atoms with E-state index in [9.17, 15) is 4.21 Å². The second-order valence-electron chi connectivity index (χ2n) is 6.47. The van der Waals surface area contributed by atoms with Gasteiger partial charge in [-0.3, -0.25) is 4.21 Å². The molecule has 1 N–H and O–H groups in total. The Morgan fingerprint density at radius 2 is 1.95 bits per heavy atom. The highest BCUT2D eigenvalue weighted by Gasteiger charge is 2.30. The van der Waals surface area contributed by atoms with Crippen LogP contribution in [0.5, 0.6) is 0 Å². The van der Waals surface area contributed by atoms with Crippen molar-refractivity contribution < 1.29 is 4.21 Å². The van der Waals surface area contributed by atoms with Crippen LogP contribution in [0.25, 0.3) is 0 Å². The maximum atomic E-state index is 13.0. The number of rotatable bonds is 5. The zero-order chi connectivity index (χ0) is 14.7. The van der Waals surface area contributed by atoms with Gasteiger partial charge in [0.25, 0.3) is 0 Å². The van der Waals surface area contributed by atoms with Crippen LogP contribution in [0.3, 0.4) is 0 Å². The first-order valence-corrected chi connectivity index (χ1v) is 9.76. The lowest BCUT2D eigenvalue weighted by Gasteiger charge is -2.31. The zero-order valence-electron chi connectivity index (χ0n) is 13.1. The summed E-state index contributed by atoms with van der Waals surface area (Å²) in [6, 6.07) is 7.00. The highest BCUT2D eigenvalue weighted by atomic mass is 32.2. The van der Waals surface area contributed by atoms with Gasteiger partial charge in [0.1, 0.15) is 0 Å². The molecule has 3 unspecified atom stereocenters. The molecule has 3 atom stereocenters. The Labute approximate surface area is 131 Å². The molecule has 0 amide bonds. The second kappa shape index (κ2) is 7.06. The van der Waals surface area contributed by atoms with Crippen molar-refractivity contribution in [1.82, 2.24) is 5.32 Å². The third-order valence-corrected chi connectivity index (χ3v) is 6.77. The van der Waals surface area contributed by atoms with Crippen molar-refractivity contribution in [2.24, 2.45) is 0 Å². The molecule has 0 aromatic heterocycles. The SMILES string of the molecule is CCCNC1CCCCC1S(=O)c1ccc2c(c1)CCC2. The summed E-state index contributed by atoms with van der Waals surface area (Å²) < 4.78 is 13.0. The van der Waals surface area contributed by atoms with E-state index in [-0.39, 0.29) is 0 Å². The minimum Gasteiger partial charge on any atom is -0.313 e. The molecule has 3 heteroatoms. The van der Waals surface area contributed by atoms with Crippen LogP contribution >= 0.6 is 0 Å². The summed E-state index contributed by atoms with van der Waals surface area (Å²) in [4.78, 5) is 1.06.